The molecule has 2 N–H and O–H groups in total. The normalized spacial score (nSPS) is 15.1. The van der Waals surface area contributed by atoms with Gasteiger partial charge in [-0.15, -0.1) is 0 Å². The third-order valence-electron chi connectivity index (χ3n) is 3.43. The predicted octanol–water partition coefficient (Wildman–Crippen LogP) is 3.03. The van der Waals surface area contributed by atoms with Crippen molar-refractivity contribution < 1.29 is 0 Å². The minimum absolute atomic E-state index is 0.764. The van der Waals surface area contributed by atoms with Crippen molar-refractivity contribution in [2.24, 2.45) is 0 Å². The number of nitrogen functional groups attached to an aromatic ring is 1. The zero-order valence-corrected chi connectivity index (χ0v) is 10.1. The van der Waals surface area contributed by atoms with Crippen molar-refractivity contribution in [1.29, 1.82) is 0 Å². The van der Waals surface area contributed by atoms with Crippen molar-refractivity contribution in [3.8, 4) is 11.3 Å². The number of rotatable bonds is 3. The second-order valence-electron chi connectivity index (χ2n) is 4.66. The summed E-state index contributed by atoms with van der Waals surface area (Å²) in [5.41, 5.74) is 9.56. The number of anilines is 1. The van der Waals surface area contributed by atoms with Crippen LogP contribution in [0.25, 0.3) is 11.3 Å². The highest BCUT2D eigenvalue weighted by Gasteiger charge is 2.23. The van der Waals surface area contributed by atoms with Crippen molar-refractivity contribution >= 4 is 5.82 Å². The summed E-state index contributed by atoms with van der Waals surface area (Å²) in [5.74, 6) is 1.53. The van der Waals surface area contributed by atoms with E-state index >= 15 is 0 Å². The maximum atomic E-state index is 6.09. The van der Waals surface area contributed by atoms with Crippen LogP contribution in [0.4, 0.5) is 5.82 Å². The number of aryl methyl sites for hydroxylation is 1. The van der Waals surface area contributed by atoms with Crippen LogP contribution in [0.1, 0.15) is 31.2 Å². The van der Waals surface area contributed by atoms with Crippen molar-refractivity contribution in [2.75, 3.05) is 5.73 Å². The zero-order valence-electron chi connectivity index (χ0n) is 10.1. The Hall–Kier alpha value is -1.77. The highest BCUT2D eigenvalue weighted by Crippen LogP contribution is 2.41. The lowest BCUT2D eigenvalue weighted by molar-refractivity contribution is 0.771. The molecule has 17 heavy (non-hydrogen) atoms. The molecule has 0 saturated heterocycles. The standard InChI is InChI=1S/C14H17N3/c1-2-17-9-16-13(14(17)15)12-5-3-4-11(8-12)10-6-7-10/h3-5,8-10H,2,6-7,15H2,1H3. The van der Waals surface area contributed by atoms with Gasteiger partial charge in [0.05, 0.1) is 6.33 Å². The van der Waals surface area contributed by atoms with Gasteiger partial charge in [0, 0.05) is 12.1 Å². The van der Waals surface area contributed by atoms with E-state index in [-0.39, 0.29) is 0 Å². The smallest absolute Gasteiger partial charge is 0.131 e. The van der Waals surface area contributed by atoms with Gasteiger partial charge in [0.15, 0.2) is 0 Å². The molecule has 1 fully saturated rings. The first kappa shape index (κ1) is 10.4. The summed E-state index contributed by atoms with van der Waals surface area (Å²) in [5, 5.41) is 0. The lowest BCUT2D eigenvalue weighted by Crippen LogP contribution is -1.99. The average molecular weight is 227 g/mol. The van der Waals surface area contributed by atoms with E-state index in [1.165, 1.54) is 18.4 Å². The number of nitrogens with two attached hydrogens (primary N) is 1. The van der Waals surface area contributed by atoms with Gasteiger partial charge in [0.2, 0.25) is 0 Å². The molecule has 0 bridgehead atoms. The van der Waals surface area contributed by atoms with E-state index < -0.39 is 0 Å². The lowest BCUT2D eigenvalue weighted by atomic mass is 10.1. The summed E-state index contributed by atoms with van der Waals surface area (Å²) in [6.07, 6.45) is 4.46. The van der Waals surface area contributed by atoms with Gasteiger partial charge < -0.3 is 10.3 Å². The molecule has 2 aromatic rings. The highest BCUT2D eigenvalue weighted by molar-refractivity contribution is 5.71. The first-order valence-corrected chi connectivity index (χ1v) is 6.20. The summed E-state index contributed by atoms with van der Waals surface area (Å²) < 4.78 is 1.97. The van der Waals surface area contributed by atoms with Crippen molar-refractivity contribution in [2.45, 2.75) is 32.2 Å². The summed E-state index contributed by atoms with van der Waals surface area (Å²) in [7, 11) is 0. The molecule has 3 heteroatoms. The highest BCUT2D eigenvalue weighted by atomic mass is 15.1. The van der Waals surface area contributed by atoms with Crippen LogP contribution >= 0.6 is 0 Å². The molecule has 0 spiro atoms. The summed E-state index contributed by atoms with van der Waals surface area (Å²) in [6, 6.07) is 8.63. The van der Waals surface area contributed by atoms with Gasteiger partial charge in [0.1, 0.15) is 11.5 Å². The Kier molecular flexibility index (Phi) is 2.39. The van der Waals surface area contributed by atoms with Gasteiger partial charge in [-0.2, -0.15) is 0 Å². The van der Waals surface area contributed by atoms with Gasteiger partial charge in [-0.25, -0.2) is 4.98 Å². The molecule has 0 unspecified atom stereocenters. The lowest BCUT2D eigenvalue weighted by Gasteiger charge is -2.04. The molecule has 0 amide bonds. The minimum atomic E-state index is 0.764. The number of imidazole rings is 1. The SMILES string of the molecule is CCn1cnc(-c2cccc(C3CC3)c2)c1N. The van der Waals surface area contributed by atoms with Crippen LogP contribution in [0.2, 0.25) is 0 Å². The van der Waals surface area contributed by atoms with Crippen LogP contribution in [0.15, 0.2) is 30.6 Å². The molecular weight excluding hydrogens is 210 g/mol. The molecule has 1 aliphatic carbocycles. The summed E-state index contributed by atoms with van der Waals surface area (Å²) >= 11 is 0. The molecule has 0 atom stereocenters. The Morgan fingerprint density at radius 1 is 1.41 bits per heavy atom. The predicted molar refractivity (Wildman–Crippen MR) is 69.7 cm³/mol. The van der Waals surface area contributed by atoms with Crippen LogP contribution in [0.5, 0.6) is 0 Å². The van der Waals surface area contributed by atoms with E-state index in [0.29, 0.717) is 0 Å². The maximum absolute atomic E-state index is 6.09. The fourth-order valence-corrected chi connectivity index (χ4v) is 2.22. The van der Waals surface area contributed by atoms with Crippen molar-refractivity contribution in [3.05, 3.63) is 36.2 Å². The van der Waals surface area contributed by atoms with E-state index in [4.69, 9.17) is 5.73 Å². The topological polar surface area (TPSA) is 43.8 Å². The quantitative estimate of drug-likeness (QED) is 0.875. The Bertz CT molecular complexity index is 538. The van der Waals surface area contributed by atoms with E-state index in [9.17, 15) is 0 Å². The number of aromatic nitrogens is 2. The Morgan fingerprint density at radius 2 is 2.24 bits per heavy atom. The van der Waals surface area contributed by atoms with Gasteiger partial charge in [0.25, 0.3) is 0 Å². The van der Waals surface area contributed by atoms with Crippen LogP contribution in [0, 0.1) is 0 Å². The molecular formula is C14H17N3. The van der Waals surface area contributed by atoms with E-state index in [1.807, 2.05) is 10.9 Å². The second-order valence-corrected chi connectivity index (χ2v) is 4.66. The second kappa shape index (κ2) is 3.91. The molecule has 1 heterocycles. The van der Waals surface area contributed by atoms with Gasteiger partial charge in [-0.05, 0) is 37.3 Å². The molecule has 0 radical (unpaired) electrons. The molecule has 1 aromatic carbocycles. The number of hydrogen-bond acceptors (Lipinski definition) is 2. The fraction of sp³-hybridized carbons (Fsp3) is 0.357. The Morgan fingerprint density at radius 3 is 2.88 bits per heavy atom. The van der Waals surface area contributed by atoms with Crippen LogP contribution in [-0.4, -0.2) is 9.55 Å². The summed E-state index contributed by atoms with van der Waals surface area (Å²) in [6.45, 7) is 2.93. The third-order valence-corrected chi connectivity index (χ3v) is 3.43. The van der Waals surface area contributed by atoms with Gasteiger partial charge in [-0.3, -0.25) is 0 Å². The molecule has 3 rings (SSSR count). The fourth-order valence-electron chi connectivity index (χ4n) is 2.22. The van der Waals surface area contributed by atoms with Gasteiger partial charge in [-0.1, -0.05) is 18.2 Å². The molecule has 1 saturated carbocycles. The van der Waals surface area contributed by atoms with Crippen LogP contribution < -0.4 is 5.73 Å². The van der Waals surface area contributed by atoms with Gasteiger partial charge >= 0.3 is 0 Å². The number of nitrogens with zero attached hydrogens (tertiary/aromatic N) is 2. The Labute approximate surface area is 101 Å². The summed E-state index contributed by atoms with van der Waals surface area (Å²) in [4.78, 5) is 4.42. The van der Waals surface area contributed by atoms with Crippen molar-refractivity contribution in [3.63, 3.8) is 0 Å². The van der Waals surface area contributed by atoms with E-state index in [1.54, 1.807) is 0 Å². The average Bonchev–Trinajstić information content (AvgIpc) is 3.13. The minimum Gasteiger partial charge on any atom is -0.383 e. The molecule has 1 aromatic heterocycles. The van der Waals surface area contributed by atoms with E-state index in [2.05, 4.69) is 36.2 Å². The van der Waals surface area contributed by atoms with Crippen LogP contribution in [0.3, 0.4) is 0 Å². The monoisotopic (exact) mass is 227 g/mol. The largest absolute Gasteiger partial charge is 0.383 e. The molecule has 88 valence electrons. The third kappa shape index (κ3) is 1.82. The van der Waals surface area contributed by atoms with Crippen LogP contribution in [-0.2, 0) is 6.54 Å². The Balaban J connectivity index is 2.02. The first-order chi connectivity index (χ1) is 8.29. The maximum Gasteiger partial charge on any atom is 0.131 e. The number of hydrogen-bond donors (Lipinski definition) is 1. The zero-order chi connectivity index (χ0) is 11.8. The first-order valence-electron chi connectivity index (χ1n) is 6.20. The molecule has 3 nitrogen and oxygen atoms in total. The molecule has 0 aliphatic heterocycles. The van der Waals surface area contributed by atoms with E-state index in [0.717, 1.165) is 29.5 Å². The van der Waals surface area contributed by atoms with Crippen molar-refractivity contribution in [1.82, 2.24) is 9.55 Å². The number of benzene rings is 1. The molecule has 1 aliphatic rings.